The van der Waals surface area contributed by atoms with Crippen LogP contribution >= 0.6 is 0 Å². The van der Waals surface area contributed by atoms with Crippen molar-refractivity contribution in [3.05, 3.63) is 12.2 Å². The van der Waals surface area contributed by atoms with Gasteiger partial charge in [-0.3, -0.25) is 4.79 Å². The summed E-state index contributed by atoms with van der Waals surface area (Å²) in [7, 11) is 3.46. The molecule has 0 saturated heterocycles. The fraction of sp³-hybridized carbons (Fsp3) is 0.636. The Hall–Kier alpha value is -1.52. The minimum atomic E-state index is -0.786. The third-order valence-electron chi connectivity index (χ3n) is 2.76. The molecular formula is C11H18N2O3. The molecule has 0 heterocycles. The van der Waals surface area contributed by atoms with Gasteiger partial charge in [-0.05, 0) is 12.8 Å². The lowest BCUT2D eigenvalue weighted by atomic mass is 9.82. The number of nitrogens with zero attached hydrogens (tertiary/aromatic N) is 1. The molecule has 0 aromatic carbocycles. The molecule has 0 bridgehead atoms. The molecule has 1 aliphatic rings. The van der Waals surface area contributed by atoms with Crippen molar-refractivity contribution >= 4 is 12.0 Å². The van der Waals surface area contributed by atoms with Crippen LogP contribution in [-0.2, 0) is 9.53 Å². The predicted octanol–water partition coefficient (Wildman–Crippen LogP) is 0.752. The first-order valence-corrected chi connectivity index (χ1v) is 5.30. The first-order chi connectivity index (χ1) is 7.52. The first-order valence-electron chi connectivity index (χ1n) is 5.30. The number of hydrogen-bond acceptors (Lipinski definition) is 3. The van der Waals surface area contributed by atoms with Crippen molar-refractivity contribution in [2.75, 3.05) is 20.7 Å². The van der Waals surface area contributed by atoms with Crippen molar-refractivity contribution in [3.63, 3.8) is 0 Å². The Labute approximate surface area is 95.2 Å². The van der Waals surface area contributed by atoms with Crippen LogP contribution in [0.5, 0.6) is 0 Å². The maximum atomic E-state index is 11.9. The quantitative estimate of drug-likeness (QED) is 0.722. The molecule has 2 atom stereocenters. The summed E-state index contributed by atoms with van der Waals surface area (Å²) < 4.78 is 4.78. The number of hydrogen-bond donors (Lipinski definition) is 1. The molecule has 0 fully saturated rings. The second kappa shape index (κ2) is 5.53. The van der Waals surface area contributed by atoms with E-state index in [1.165, 1.54) is 0 Å². The largest absolute Gasteiger partial charge is 0.449 e. The van der Waals surface area contributed by atoms with Gasteiger partial charge in [0.1, 0.15) is 0 Å². The SMILES string of the molecule is CN(C)C(=O)C1CC=CCC1COC(N)=O. The highest BCUT2D eigenvalue weighted by Gasteiger charge is 2.30. The highest BCUT2D eigenvalue weighted by atomic mass is 16.5. The van der Waals surface area contributed by atoms with E-state index in [1.54, 1.807) is 19.0 Å². The highest BCUT2D eigenvalue weighted by Crippen LogP contribution is 2.27. The highest BCUT2D eigenvalue weighted by molar-refractivity contribution is 5.79. The van der Waals surface area contributed by atoms with E-state index >= 15 is 0 Å². The maximum absolute atomic E-state index is 11.9. The number of carbonyl (C=O) groups excluding carboxylic acids is 2. The van der Waals surface area contributed by atoms with Crippen LogP contribution in [-0.4, -0.2) is 37.6 Å². The van der Waals surface area contributed by atoms with Gasteiger partial charge in [-0.1, -0.05) is 12.2 Å². The topological polar surface area (TPSA) is 72.6 Å². The molecule has 0 aromatic heterocycles. The van der Waals surface area contributed by atoms with Gasteiger partial charge >= 0.3 is 6.09 Å². The summed E-state index contributed by atoms with van der Waals surface area (Å²) in [6, 6.07) is 0. The molecule has 5 nitrogen and oxygen atoms in total. The van der Waals surface area contributed by atoms with Gasteiger partial charge in [-0.25, -0.2) is 4.79 Å². The van der Waals surface area contributed by atoms with Gasteiger partial charge < -0.3 is 15.4 Å². The molecule has 0 aliphatic heterocycles. The normalized spacial score (nSPS) is 23.9. The zero-order valence-corrected chi connectivity index (χ0v) is 9.68. The monoisotopic (exact) mass is 226 g/mol. The van der Waals surface area contributed by atoms with Gasteiger partial charge in [-0.2, -0.15) is 0 Å². The fourth-order valence-electron chi connectivity index (χ4n) is 1.88. The van der Waals surface area contributed by atoms with Crippen LogP contribution < -0.4 is 5.73 Å². The van der Waals surface area contributed by atoms with Crippen LogP contribution in [0.25, 0.3) is 0 Å². The minimum absolute atomic E-state index is 0.0346. The Balaban J connectivity index is 2.61. The Morgan fingerprint density at radius 1 is 1.38 bits per heavy atom. The molecule has 0 aromatic rings. The molecule has 0 radical (unpaired) electrons. The lowest BCUT2D eigenvalue weighted by Crippen LogP contribution is -2.37. The van der Waals surface area contributed by atoms with Crippen LogP contribution in [0.1, 0.15) is 12.8 Å². The number of amides is 2. The van der Waals surface area contributed by atoms with Crippen LogP contribution in [0.2, 0.25) is 0 Å². The average Bonchev–Trinajstić information content (AvgIpc) is 2.25. The summed E-state index contributed by atoms with van der Waals surface area (Å²) >= 11 is 0. The molecule has 0 spiro atoms. The summed E-state index contributed by atoms with van der Waals surface area (Å²) in [4.78, 5) is 24.0. The lowest BCUT2D eigenvalue weighted by Gasteiger charge is -2.29. The van der Waals surface area contributed by atoms with Crippen molar-refractivity contribution in [3.8, 4) is 0 Å². The van der Waals surface area contributed by atoms with E-state index < -0.39 is 6.09 Å². The molecule has 2 unspecified atom stereocenters. The summed E-state index contributed by atoms with van der Waals surface area (Å²) in [6.45, 7) is 0.212. The van der Waals surface area contributed by atoms with Crippen LogP contribution in [0.3, 0.4) is 0 Å². The third kappa shape index (κ3) is 3.25. The lowest BCUT2D eigenvalue weighted by molar-refractivity contribution is -0.135. The third-order valence-corrected chi connectivity index (χ3v) is 2.76. The first kappa shape index (κ1) is 12.5. The van der Waals surface area contributed by atoms with Gasteiger partial charge in [0.2, 0.25) is 5.91 Å². The van der Waals surface area contributed by atoms with Crippen molar-refractivity contribution < 1.29 is 14.3 Å². The van der Waals surface area contributed by atoms with E-state index in [4.69, 9.17) is 10.5 Å². The van der Waals surface area contributed by atoms with Crippen molar-refractivity contribution in [2.45, 2.75) is 12.8 Å². The predicted molar refractivity (Wildman–Crippen MR) is 59.6 cm³/mol. The minimum Gasteiger partial charge on any atom is -0.449 e. The van der Waals surface area contributed by atoms with Crippen molar-refractivity contribution in [2.24, 2.45) is 17.6 Å². The van der Waals surface area contributed by atoms with E-state index in [0.29, 0.717) is 6.42 Å². The molecular weight excluding hydrogens is 208 g/mol. The van der Waals surface area contributed by atoms with Crippen LogP contribution in [0.15, 0.2) is 12.2 Å². The Bertz CT molecular complexity index is 300. The van der Waals surface area contributed by atoms with Gasteiger partial charge in [0, 0.05) is 25.9 Å². The summed E-state index contributed by atoms with van der Waals surface area (Å²) in [5.74, 6) is -0.00540. The van der Waals surface area contributed by atoms with Gasteiger partial charge in [0.25, 0.3) is 0 Å². The van der Waals surface area contributed by atoms with Gasteiger partial charge in [-0.15, -0.1) is 0 Å². The molecule has 2 N–H and O–H groups in total. The Morgan fingerprint density at radius 3 is 2.56 bits per heavy atom. The van der Waals surface area contributed by atoms with E-state index in [0.717, 1.165) is 6.42 Å². The number of carbonyl (C=O) groups is 2. The van der Waals surface area contributed by atoms with Crippen molar-refractivity contribution in [1.29, 1.82) is 0 Å². The smallest absolute Gasteiger partial charge is 0.404 e. The molecule has 2 amide bonds. The fourth-order valence-corrected chi connectivity index (χ4v) is 1.88. The molecule has 16 heavy (non-hydrogen) atoms. The number of nitrogens with two attached hydrogens (primary N) is 1. The van der Waals surface area contributed by atoms with E-state index in [-0.39, 0.29) is 24.3 Å². The standard InChI is InChI=1S/C11H18N2O3/c1-13(2)10(14)9-6-4-3-5-8(9)7-16-11(12)15/h3-4,8-9H,5-7H2,1-2H3,(H2,12,15). The molecule has 90 valence electrons. The number of primary amides is 1. The zero-order valence-electron chi connectivity index (χ0n) is 9.68. The van der Waals surface area contributed by atoms with Crippen LogP contribution in [0.4, 0.5) is 4.79 Å². The van der Waals surface area contributed by atoms with Gasteiger partial charge in [0.15, 0.2) is 0 Å². The second-order valence-corrected chi connectivity index (χ2v) is 4.17. The average molecular weight is 226 g/mol. The number of allylic oxidation sites excluding steroid dienone is 2. The van der Waals surface area contributed by atoms with Crippen LogP contribution in [0, 0.1) is 11.8 Å². The van der Waals surface area contributed by atoms with Crippen molar-refractivity contribution in [1.82, 2.24) is 4.90 Å². The summed E-state index contributed by atoms with van der Waals surface area (Å²) in [6.07, 6.45) is 4.66. The van der Waals surface area contributed by atoms with E-state index in [2.05, 4.69) is 0 Å². The number of ether oxygens (including phenoxy) is 1. The molecule has 1 rings (SSSR count). The zero-order chi connectivity index (χ0) is 12.1. The van der Waals surface area contributed by atoms with E-state index in [1.807, 2.05) is 12.2 Å². The molecule has 0 saturated carbocycles. The molecule has 5 heteroatoms. The Kier molecular flexibility index (Phi) is 4.34. The summed E-state index contributed by atoms with van der Waals surface area (Å²) in [5, 5.41) is 0. The Morgan fingerprint density at radius 2 is 2.00 bits per heavy atom. The summed E-state index contributed by atoms with van der Waals surface area (Å²) in [5.41, 5.74) is 4.92. The second-order valence-electron chi connectivity index (χ2n) is 4.17. The number of rotatable bonds is 3. The molecule has 1 aliphatic carbocycles. The maximum Gasteiger partial charge on any atom is 0.404 e. The van der Waals surface area contributed by atoms with Gasteiger partial charge in [0.05, 0.1) is 6.61 Å². The van der Waals surface area contributed by atoms with E-state index in [9.17, 15) is 9.59 Å².